The Morgan fingerprint density at radius 3 is 2.40 bits per heavy atom. The molecule has 3 rings (SSSR count). The summed E-state index contributed by atoms with van der Waals surface area (Å²) in [6.07, 6.45) is 2.36. The van der Waals surface area contributed by atoms with Gasteiger partial charge in [0.1, 0.15) is 0 Å². The summed E-state index contributed by atoms with van der Waals surface area (Å²) < 4.78 is 0. The van der Waals surface area contributed by atoms with Crippen molar-refractivity contribution in [2.75, 3.05) is 18.0 Å². The van der Waals surface area contributed by atoms with E-state index in [2.05, 4.69) is 4.90 Å². The van der Waals surface area contributed by atoms with Gasteiger partial charge in [0.25, 0.3) is 0 Å². The van der Waals surface area contributed by atoms with E-state index in [1.54, 1.807) is 6.07 Å². The van der Waals surface area contributed by atoms with E-state index in [-0.39, 0.29) is 5.78 Å². The Kier molecular flexibility index (Phi) is 3.75. The lowest BCUT2D eigenvalue weighted by Crippen LogP contribution is -2.20. The van der Waals surface area contributed by atoms with Crippen LogP contribution in [0.4, 0.5) is 5.69 Å². The lowest BCUT2D eigenvalue weighted by atomic mass is 10.0. The summed E-state index contributed by atoms with van der Waals surface area (Å²) in [5.41, 5.74) is 2.40. The molecule has 0 atom stereocenters. The average molecular weight is 286 g/mol. The summed E-state index contributed by atoms with van der Waals surface area (Å²) in [5, 5.41) is 0.604. The first-order valence-corrected chi connectivity index (χ1v) is 7.28. The molecule has 0 N–H and O–H groups in total. The summed E-state index contributed by atoms with van der Waals surface area (Å²) in [4.78, 5) is 15.0. The fraction of sp³-hybridized carbons (Fsp3) is 0.235. The Hall–Kier alpha value is -1.80. The van der Waals surface area contributed by atoms with Crippen molar-refractivity contribution in [3.8, 4) is 0 Å². The van der Waals surface area contributed by atoms with Gasteiger partial charge >= 0.3 is 0 Å². The highest BCUT2D eigenvalue weighted by Crippen LogP contribution is 2.29. The number of hydrogen-bond donors (Lipinski definition) is 0. The highest BCUT2D eigenvalue weighted by Gasteiger charge is 2.20. The number of carbonyl (C=O) groups is 1. The molecule has 0 saturated carbocycles. The van der Waals surface area contributed by atoms with E-state index in [0.29, 0.717) is 16.1 Å². The van der Waals surface area contributed by atoms with Gasteiger partial charge in [-0.1, -0.05) is 41.9 Å². The zero-order valence-electron chi connectivity index (χ0n) is 11.2. The van der Waals surface area contributed by atoms with Crippen molar-refractivity contribution in [2.45, 2.75) is 12.8 Å². The van der Waals surface area contributed by atoms with Gasteiger partial charge in [0, 0.05) is 34.9 Å². The van der Waals surface area contributed by atoms with Crippen molar-refractivity contribution >= 4 is 23.1 Å². The zero-order valence-corrected chi connectivity index (χ0v) is 11.9. The fourth-order valence-electron chi connectivity index (χ4n) is 2.67. The van der Waals surface area contributed by atoms with E-state index < -0.39 is 0 Å². The molecular weight excluding hydrogens is 270 g/mol. The Bertz CT molecular complexity index is 618. The molecular formula is C17H16ClNO. The van der Waals surface area contributed by atoms with Gasteiger partial charge in [0.2, 0.25) is 0 Å². The van der Waals surface area contributed by atoms with Crippen molar-refractivity contribution < 1.29 is 4.79 Å². The fourth-order valence-corrected chi connectivity index (χ4v) is 2.84. The summed E-state index contributed by atoms with van der Waals surface area (Å²) in [7, 11) is 0. The van der Waals surface area contributed by atoms with Crippen LogP contribution in [0.1, 0.15) is 28.8 Å². The van der Waals surface area contributed by atoms with Crippen LogP contribution in [0.3, 0.4) is 0 Å². The summed E-state index contributed by atoms with van der Waals surface area (Å²) >= 11 is 6.08. The highest BCUT2D eigenvalue weighted by molar-refractivity contribution is 6.31. The predicted molar refractivity (Wildman–Crippen MR) is 82.8 cm³/mol. The van der Waals surface area contributed by atoms with E-state index >= 15 is 0 Å². The van der Waals surface area contributed by atoms with Gasteiger partial charge in [-0.3, -0.25) is 4.79 Å². The number of hydrogen-bond acceptors (Lipinski definition) is 2. The Morgan fingerprint density at radius 1 is 1.00 bits per heavy atom. The van der Waals surface area contributed by atoms with Crippen molar-refractivity contribution in [3.05, 3.63) is 64.7 Å². The lowest BCUT2D eigenvalue weighted by molar-refractivity contribution is 0.103. The molecule has 0 amide bonds. The monoisotopic (exact) mass is 285 g/mol. The SMILES string of the molecule is O=C(c1ccccc1)c1cc(Cl)ccc1N1CCCC1. The second kappa shape index (κ2) is 5.68. The first-order chi connectivity index (χ1) is 9.75. The van der Waals surface area contributed by atoms with Crippen LogP contribution in [0.5, 0.6) is 0 Å². The predicted octanol–water partition coefficient (Wildman–Crippen LogP) is 4.17. The third-order valence-electron chi connectivity index (χ3n) is 3.69. The van der Waals surface area contributed by atoms with Crippen molar-refractivity contribution in [1.82, 2.24) is 0 Å². The van der Waals surface area contributed by atoms with Crippen LogP contribution < -0.4 is 4.90 Å². The quantitative estimate of drug-likeness (QED) is 0.789. The maximum absolute atomic E-state index is 12.7. The molecule has 0 spiro atoms. The second-order valence-electron chi connectivity index (χ2n) is 5.05. The molecule has 0 aliphatic carbocycles. The smallest absolute Gasteiger partial charge is 0.195 e. The standard InChI is InChI=1S/C17H16ClNO/c18-14-8-9-16(19-10-4-5-11-19)15(12-14)17(20)13-6-2-1-3-7-13/h1-3,6-9,12H,4-5,10-11H2. The number of ketones is 1. The third kappa shape index (κ3) is 2.56. The van der Waals surface area contributed by atoms with Crippen LogP contribution in [0.15, 0.2) is 48.5 Å². The first kappa shape index (κ1) is 13.2. The van der Waals surface area contributed by atoms with Crippen LogP contribution in [0, 0.1) is 0 Å². The lowest BCUT2D eigenvalue weighted by Gasteiger charge is -2.21. The van der Waals surface area contributed by atoms with Crippen LogP contribution in [0.2, 0.25) is 5.02 Å². The maximum atomic E-state index is 12.7. The van der Waals surface area contributed by atoms with Gasteiger partial charge in [-0.05, 0) is 31.0 Å². The first-order valence-electron chi connectivity index (χ1n) is 6.90. The van der Waals surface area contributed by atoms with Crippen LogP contribution >= 0.6 is 11.6 Å². The summed E-state index contributed by atoms with van der Waals surface area (Å²) in [5.74, 6) is 0.0370. The summed E-state index contributed by atoms with van der Waals surface area (Å²) in [6, 6.07) is 15.0. The maximum Gasteiger partial charge on any atom is 0.195 e. The number of carbonyl (C=O) groups excluding carboxylic acids is 1. The molecule has 3 heteroatoms. The van der Waals surface area contributed by atoms with Gasteiger partial charge in [-0.25, -0.2) is 0 Å². The Morgan fingerprint density at radius 2 is 1.70 bits per heavy atom. The second-order valence-corrected chi connectivity index (χ2v) is 5.49. The topological polar surface area (TPSA) is 20.3 Å². The van der Waals surface area contributed by atoms with E-state index in [4.69, 9.17) is 11.6 Å². The number of halogens is 1. The largest absolute Gasteiger partial charge is 0.371 e. The van der Waals surface area contributed by atoms with Gasteiger partial charge in [0.15, 0.2) is 5.78 Å². The number of nitrogens with zero attached hydrogens (tertiary/aromatic N) is 1. The van der Waals surface area contributed by atoms with E-state index in [9.17, 15) is 4.79 Å². The molecule has 1 saturated heterocycles. The van der Waals surface area contributed by atoms with Gasteiger partial charge in [0.05, 0.1) is 0 Å². The van der Waals surface area contributed by atoms with E-state index in [1.807, 2.05) is 42.5 Å². The molecule has 0 radical (unpaired) electrons. The van der Waals surface area contributed by atoms with E-state index in [0.717, 1.165) is 18.8 Å². The number of rotatable bonds is 3. The summed E-state index contributed by atoms with van der Waals surface area (Å²) in [6.45, 7) is 2.02. The Balaban J connectivity index is 2.03. The van der Waals surface area contributed by atoms with Crippen LogP contribution in [0.25, 0.3) is 0 Å². The van der Waals surface area contributed by atoms with Gasteiger partial charge in [-0.15, -0.1) is 0 Å². The molecule has 1 heterocycles. The molecule has 102 valence electrons. The third-order valence-corrected chi connectivity index (χ3v) is 3.92. The van der Waals surface area contributed by atoms with Crippen LogP contribution in [-0.2, 0) is 0 Å². The van der Waals surface area contributed by atoms with Crippen molar-refractivity contribution in [2.24, 2.45) is 0 Å². The molecule has 2 aromatic carbocycles. The molecule has 2 nitrogen and oxygen atoms in total. The average Bonchev–Trinajstić information content (AvgIpc) is 3.01. The minimum Gasteiger partial charge on any atom is -0.371 e. The van der Waals surface area contributed by atoms with Gasteiger partial charge in [-0.2, -0.15) is 0 Å². The van der Waals surface area contributed by atoms with E-state index in [1.165, 1.54) is 12.8 Å². The zero-order chi connectivity index (χ0) is 13.9. The Labute approximate surface area is 124 Å². The molecule has 0 unspecified atom stereocenters. The molecule has 0 aromatic heterocycles. The number of anilines is 1. The minimum atomic E-state index is 0.0370. The molecule has 2 aromatic rings. The molecule has 0 bridgehead atoms. The molecule has 20 heavy (non-hydrogen) atoms. The number of benzene rings is 2. The highest BCUT2D eigenvalue weighted by atomic mass is 35.5. The molecule has 1 aliphatic rings. The normalized spacial score (nSPS) is 14.6. The van der Waals surface area contributed by atoms with Gasteiger partial charge < -0.3 is 4.90 Å². The van der Waals surface area contributed by atoms with Crippen molar-refractivity contribution in [3.63, 3.8) is 0 Å². The van der Waals surface area contributed by atoms with Crippen LogP contribution in [-0.4, -0.2) is 18.9 Å². The minimum absolute atomic E-state index is 0.0370. The molecule has 1 fully saturated rings. The van der Waals surface area contributed by atoms with Crippen molar-refractivity contribution in [1.29, 1.82) is 0 Å². The molecule has 1 aliphatic heterocycles.